The molecule has 0 atom stereocenters. The molecule has 0 unspecified atom stereocenters. The van der Waals surface area contributed by atoms with E-state index in [2.05, 4.69) is 20.0 Å². The van der Waals surface area contributed by atoms with Gasteiger partial charge in [-0.05, 0) is 19.0 Å². The first kappa shape index (κ1) is 15.6. The number of H-pyrrole nitrogens is 2. The SMILES string of the molecule is O=c1[nH]c(=O)c2cc(S(=O)(=O)NCC3=CCNCC3)cnc2[nH]1. The molecule has 0 saturated heterocycles. The zero-order valence-electron chi connectivity index (χ0n) is 12.0. The Hall–Kier alpha value is -2.30. The normalized spacial score (nSPS) is 15.6. The summed E-state index contributed by atoms with van der Waals surface area (Å²) in [6.45, 7) is 1.75. The van der Waals surface area contributed by atoms with E-state index in [0.717, 1.165) is 31.3 Å². The zero-order valence-corrected chi connectivity index (χ0v) is 12.9. The summed E-state index contributed by atoms with van der Waals surface area (Å²) >= 11 is 0. The number of hydrogen-bond donors (Lipinski definition) is 4. The Kier molecular flexibility index (Phi) is 4.11. The van der Waals surface area contributed by atoms with Crippen molar-refractivity contribution in [2.24, 2.45) is 0 Å². The van der Waals surface area contributed by atoms with Crippen molar-refractivity contribution in [1.82, 2.24) is 25.0 Å². The van der Waals surface area contributed by atoms with Gasteiger partial charge in [0.15, 0.2) is 0 Å². The predicted molar refractivity (Wildman–Crippen MR) is 83.7 cm³/mol. The molecular weight excluding hydrogens is 322 g/mol. The minimum absolute atomic E-state index is 0.00792. The van der Waals surface area contributed by atoms with Crippen LogP contribution in [0.25, 0.3) is 11.0 Å². The summed E-state index contributed by atoms with van der Waals surface area (Å²) in [6.07, 6.45) is 3.83. The Morgan fingerprint density at radius 1 is 1.26 bits per heavy atom. The van der Waals surface area contributed by atoms with Gasteiger partial charge in [-0.25, -0.2) is 22.9 Å². The number of nitrogens with one attached hydrogen (secondary N) is 4. The molecule has 0 radical (unpaired) electrons. The molecule has 10 heteroatoms. The molecule has 0 saturated carbocycles. The van der Waals surface area contributed by atoms with E-state index >= 15 is 0 Å². The van der Waals surface area contributed by atoms with Crippen LogP contribution in [0.5, 0.6) is 0 Å². The molecule has 4 N–H and O–H groups in total. The number of aromatic nitrogens is 3. The molecule has 3 heterocycles. The number of hydrogen-bond acceptors (Lipinski definition) is 6. The minimum atomic E-state index is -3.80. The van der Waals surface area contributed by atoms with Gasteiger partial charge in [-0.15, -0.1) is 0 Å². The first-order valence-corrected chi connectivity index (χ1v) is 8.45. The largest absolute Gasteiger partial charge is 0.327 e. The van der Waals surface area contributed by atoms with Crippen molar-refractivity contribution >= 4 is 21.1 Å². The van der Waals surface area contributed by atoms with Gasteiger partial charge < -0.3 is 5.32 Å². The summed E-state index contributed by atoms with van der Waals surface area (Å²) in [6, 6.07) is 1.19. The van der Waals surface area contributed by atoms with Crippen LogP contribution in [-0.2, 0) is 10.0 Å². The van der Waals surface area contributed by atoms with Gasteiger partial charge in [0.1, 0.15) is 10.5 Å². The predicted octanol–water partition coefficient (Wildman–Crippen LogP) is -1.19. The molecule has 2 aromatic heterocycles. The maximum atomic E-state index is 12.3. The van der Waals surface area contributed by atoms with E-state index in [-0.39, 0.29) is 22.5 Å². The second-order valence-electron chi connectivity index (χ2n) is 5.12. The summed E-state index contributed by atoms with van der Waals surface area (Å²) in [5, 5.41) is 3.15. The fourth-order valence-corrected chi connectivity index (χ4v) is 3.28. The van der Waals surface area contributed by atoms with Gasteiger partial charge in [0.25, 0.3) is 5.56 Å². The molecule has 0 aliphatic carbocycles. The number of fused-ring (bicyclic) bond motifs is 1. The van der Waals surface area contributed by atoms with E-state index in [4.69, 9.17) is 0 Å². The molecule has 2 aromatic rings. The van der Waals surface area contributed by atoms with Crippen LogP contribution in [0.4, 0.5) is 0 Å². The van der Waals surface area contributed by atoms with Crippen molar-refractivity contribution in [1.29, 1.82) is 0 Å². The highest BCUT2D eigenvalue weighted by Crippen LogP contribution is 2.12. The maximum Gasteiger partial charge on any atom is 0.327 e. The van der Waals surface area contributed by atoms with Gasteiger partial charge in [0, 0.05) is 19.3 Å². The number of nitrogens with zero attached hydrogens (tertiary/aromatic N) is 1. The molecule has 0 spiro atoms. The van der Waals surface area contributed by atoms with Crippen molar-refractivity contribution < 1.29 is 8.42 Å². The zero-order chi connectivity index (χ0) is 16.4. The fourth-order valence-electron chi connectivity index (χ4n) is 2.28. The lowest BCUT2D eigenvalue weighted by molar-refractivity contribution is 0.582. The van der Waals surface area contributed by atoms with Gasteiger partial charge in [0.2, 0.25) is 10.0 Å². The van der Waals surface area contributed by atoms with E-state index < -0.39 is 21.3 Å². The topological polar surface area (TPSA) is 137 Å². The lowest BCUT2D eigenvalue weighted by Crippen LogP contribution is -2.30. The molecule has 0 amide bonds. The fraction of sp³-hybridized carbons (Fsp3) is 0.308. The van der Waals surface area contributed by atoms with Crippen molar-refractivity contribution in [2.75, 3.05) is 19.6 Å². The van der Waals surface area contributed by atoms with Gasteiger partial charge in [-0.3, -0.25) is 14.8 Å². The van der Waals surface area contributed by atoms with E-state index in [1.165, 1.54) is 6.07 Å². The van der Waals surface area contributed by atoms with Crippen molar-refractivity contribution in [3.05, 3.63) is 44.8 Å². The third-order valence-electron chi connectivity index (χ3n) is 3.52. The van der Waals surface area contributed by atoms with E-state index in [0.29, 0.717) is 0 Å². The second-order valence-corrected chi connectivity index (χ2v) is 6.88. The summed E-state index contributed by atoms with van der Waals surface area (Å²) in [5.41, 5.74) is -0.335. The molecular formula is C13H15N5O4S. The van der Waals surface area contributed by atoms with Gasteiger partial charge in [-0.2, -0.15) is 0 Å². The molecule has 9 nitrogen and oxygen atoms in total. The molecule has 0 fully saturated rings. The maximum absolute atomic E-state index is 12.3. The van der Waals surface area contributed by atoms with Crippen LogP contribution in [0.15, 0.2) is 38.4 Å². The van der Waals surface area contributed by atoms with Crippen LogP contribution in [0, 0.1) is 0 Å². The molecule has 23 heavy (non-hydrogen) atoms. The Balaban J connectivity index is 1.90. The first-order chi connectivity index (χ1) is 11.0. The third kappa shape index (κ3) is 3.38. The second kappa shape index (κ2) is 6.07. The highest BCUT2D eigenvalue weighted by atomic mass is 32.2. The summed E-state index contributed by atoms with van der Waals surface area (Å²) in [5.74, 6) is 0. The Bertz CT molecular complexity index is 989. The average molecular weight is 337 g/mol. The van der Waals surface area contributed by atoms with Crippen molar-refractivity contribution in [3.8, 4) is 0 Å². The molecule has 1 aliphatic heterocycles. The smallest absolute Gasteiger partial charge is 0.313 e. The van der Waals surface area contributed by atoms with Crippen LogP contribution < -0.4 is 21.3 Å². The van der Waals surface area contributed by atoms with E-state index in [1.807, 2.05) is 11.1 Å². The summed E-state index contributed by atoms with van der Waals surface area (Å²) < 4.78 is 27.1. The number of aromatic amines is 2. The monoisotopic (exact) mass is 337 g/mol. The highest BCUT2D eigenvalue weighted by molar-refractivity contribution is 7.89. The van der Waals surface area contributed by atoms with Crippen LogP contribution in [0.1, 0.15) is 6.42 Å². The lowest BCUT2D eigenvalue weighted by atomic mass is 10.1. The van der Waals surface area contributed by atoms with Crippen LogP contribution in [-0.4, -0.2) is 43.0 Å². The minimum Gasteiger partial charge on any atom is -0.313 e. The van der Waals surface area contributed by atoms with Crippen LogP contribution >= 0.6 is 0 Å². The lowest BCUT2D eigenvalue weighted by Gasteiger charge is -2.14. The highest BCUT2D eigenvalue weighted by Gasteiger charge is 2.17. The first-order valence-electron chi connectivity index (χ1n) is 6.96. The van der Waals surface area contributed by atoms with Crippen LogP contribution in [0.3, 0.4) is 0 Å². The van der Waals surface area contributed by atoms with Crippen molar-refractivity contribution in [2.45, 2.75) is 11.3 Å². The Labute approximate surface area is 130 Å². The average Bonchev–Trinajstić information content (AvgIpc) is 2.53. The van der Waals surface area contributed by atoms with Gasteiger partial charge in [-0.1, -0.05) is 11.6 Å². The molecule has 0 aromatic carbocycles. The van der Waals surface area contributed by atoms with E-state index in [1.54, 1.807) is 0 Å². The third-order valence-corrected chi connectivity index (χ3v) is 4.89. The molecule has 0 bridgehead atoms. The number of rotatable bonds is 4. The summed E-state index contributed by atoms with van der Waals surface area (Å²) in [4.78, 5) is 31.0. The van der Waals surface area contributed by atoms with Crippen LogP contribution in [0.2, 0.25) is 0 Å². The Morgan fingerprint density at radius 3 is 2.83 bits per heavy atom. The van der Waals surface area contributed by atoms with Crippen molar-refractivity contribution in [3.63, 3.8) is 0 Å². The number of sulfonamides is 1. The summed E-state index contributed by atoms with van der Waals surface area (Å²) in [7, 11) is -3.80. The van der Waals surface area contributed by atoms with E-state index in [9.17, 15) is 18.0 Å². The molecule has 1 aliphatic rings. The van der Waals surface area contributed by atoms with Gasteiger partial charge in [0.05, 0.1) is 5.39 Å². The standard InChI is InChI=1S/C13H15N5O4S/c19-12-10-5-9(7-15-11(10)17-13(20)18-12)23(21,22)16-6-8-1-3-14-4-2-8/h1,5,7,14,16H,2-4,6H2,(H2,15,17,18,19,20). The molecule has 122 valence electrons. The Morgan fingerprint density at radius 2 is 2.09 bits per heavy atom. The number of pyridine rings is 1. The molecule has 3 rings (SSSR count). The quantitative estimate of drug-likeness (QED) is 0.518. The van der Waals surface area contributed by atoms with Gasteiger partial charge >= 0.3 is 5.69 Å².